The second-order valence-electron chi connectivity index (χ2n) is 12.8. The third-order valence-electron chi connectivity index (χ3n) is 8.80. The van der Waals surface area contributed by atoms with Crippen LogP contribution in [0.25, 0.3) is 0 Å². The summed E-state index contributed by atoms with van der Waals surface area (Å²) in [6.07, 6.45) is 0.0398. The number of nitrogens with one attached hydrogen (secondary N) is 6. The van der Waals surface area contributed by atoms with E-state index in [0.29, 0.717) is 31.5 Å². The quantitative estimate of drug-likeness (QED) is 0.0536. The minimum Gasteiger partial charge on any atom is -0.481 e. The van der Waals surface area contributed by atoms with E-state index in [0.717, 1.165) is 0 Å². The Bertz CT molecular complexity index is 1430. The average molecular weight is 732 g/mol. The number of likely N-dealkylation sites (tertiary alicyclic amines) is 1. The van der Waals surface area contributed by atoms with Gasteiger partial charge in [0.25, 0.3) is 0 Å². The molecule has 2 heterocycles. The van der Waals surface area contributed by atoms with Gasteiger partial charge in [-0.2, -0.15) is 0 Å². The van der Waals surface area contributed by atoms with Crippen molar-refractivity contribution in [2.24, 2.45) is 11.5 Å². The number of carboxylic acids is 1. The van der Waals surface area contributed by atoms with Gasteiger partial charge < -0.3 is 63.3 Å². The molecule has 0 aliphatic carbocycles. The van der Waals surface area contributed by atoms with Crippen molar-refractivity contribution in [1.29, 1.82) is 0 Å². The molecule has 6 amide bonds. The molecule has 2 aliphatic rings. The molecular formula is C33H49N9O10. The number of aliphatic carboxylic acids is 1. The number of carboxylic acid groups (broad SMARTS) is 1. The summed E-state index contributed by atoms with van der Waals surface area (Å²) in [7, 11) is 0. The van der Waals surface area contributed by atoms with Gasteiger partial charge in [0.05, 0.1) is 12.6 Å². The molecule has 2 aliphatic heterocycles. The summed E-state index contributed by atoms with van der Waals surface area (Å²) in [5, 5.41) is 34.8. The number of aliphatic hydroxyl groups excluding tert-OH is 1. The summed E-state index contributed by atoms with van der Waals surface area (Å²) in [5.74, 6) is -5.58. The van der Waals surface area contributed by atoms with E-state index in [1.165, 1.54) is 4.90 Å². The van der Waals surface area contributed by atoms with Crippen LogP contribution in [0.5, 0.6) is 0 Å². The van der Waals surface area contributed by atoms with E-state index in [4.69, 9.17) is 16.6 Å². The van der Waals surface area contributed by atoms with Crippen LogP contribution >= 0.6 is 0 Å². The monoisotopic (exact) mass is 731 g/mol. The average Bonchev–Trinajstić information content (AvgIpc) is 3.83. The first-order chi connectivity index (χ1) is 24.8. The summed E-state index contributed by atoms with van der Waals surface area (Å²) in [6, 6.07) is 1.19. The van der Waals surface area contributed by atoms with Crippen LogP contribution in [-0.4, -0.2) is 131 Å². The lowest BCUT2D eigenvalue weighted by molar-refractivity contribution is -0.142. The van der Waals surface area contributed by atoms with Gasteiger partial charge in [0, 0.05) is 45.1 Å². The van der Waals surface area contributed by atoms with E-state index in [9.17, 15) is 43.5 Å². The summed E-state index contributed by atoms with van der Waals surface area (Å²) >= 11 is 0. The zero-order chi connectivity index (χ0) is 38.2. The third kappa shape index (κ3) is 13.0. The zero-order valence-electron chi connectivity index (χ0n) is 28.8. The predicted octanol–water partition coefficient (Wildman–Crippen LogP) is -4.28. The van der Waals surface area contributed by atoms with E-state index < -0.39 is 84.3 Å². The highest BCUT2D eigenvalue weighted by Gasteiger charge is 2.40. The molecule has 2 fully saturated rings. The van der Waals surface area contributed by atoms with Crippen LogP contribution in [0, 0.1) is 0 Å². The van der Waals surface area contributed by atoms with Crippen LogP contribution in [0.3, 0.4) is 0 Å². The smallest absolute Gasteiger partial charge is 0.303 e. The van der Waals surface area contributed by atoms with Gasteiger partial charge in [0.15, 0.2) is 0 Å². The van der Waals surface area contributed by atoms with Crippen molar-refractivity contribution in [3.05, 3.63) is 35.9 Å². The highest BCUT2D eigenvalue weighted by atomic mass is 16.4. The lowest BCUT2D eigenvalue weighted by Crippen LogP contribution is -2.59. The lowest BCUT2D eigenvalue weighted by atomic mass is 10.0. The van der Waals surface area contributed by atoms with Crippen molar-refractivity contribution in [3.63, 3.8) is 0 Å². The minimum absolute atomic E-state index is 0.0390. The second-order valence-corrected chi connectivity index (χ2v) is 12.8. The topological polar surface area (TPSA) is 304 Å². The number of nitrogens with two attached hydrogens (primary N) is 2. The molecule has 7 atom stereocenters. The number of primary amides is 1. The summed E-state index contributed by atoms with van der Waals surface area (Å²) in [4.78, 5) is 103. The van der Waals surface area contributed by atoms with Gasteiger partial charge >= 0.3 is 5.97 Å². The molecule has 2 saturated heterocycles. The standard InChI is InChI=1S/C33H49N9O10/c34-22(17-44)29(48)41-25(14-21-15-36-18-37-21)33(52)42-12-4-7-26(42)32(51)39-23(9-10-27(35)45)30(49)40-24(13-19-5-2-1-3-6-19)31(50)38-20(16-43)8-11-28(46)47/h1-3,5-6,16,20-26,36-37,44H,4,7-15,17-18,34H2,(H2,35,45)(H,38,50)(H,39,51)(H,40,49)(H,41,48)(H,46,47)/t20-,21?,22-,23-,24-,25-,26-/m0/s1. The molecule has 3 rings (SSSR count). The number of aliphatic hydroxyl groups is 1. The van der Waals surface area contributed by atoms with Crippen LogP contribution in [0.2, 0.25) is 0 Å². The number of rotatable bonds is 21. The van der Waals surface area contributed by atoms with Crippen molar-refractivity contribution < 1.29 is 48.6 Å². The molecule has 0 radical (unpaired) electrons. The Hall–Kier alpha value is -4.98. The Labute approximate surface area is 300 Å². The number of aldehydes is 1. The van der Waals surface area contributed by atoms with Gasteiger partial charge in [0.2, 0.25) is 35.4 Å². The predicted molar refractivity (Wildman–Crippen MR) is 183 cm³/mol. The Balaban J connectivity index is 1.80. The highest BCUT2D eigenvalue weighted by molar-refractivity contribution is 5.96. The summed E-state index contributed by atoms with van der Waals surface area (Å²) < 4.78 is 0. The zero-order valence-corrected chi connectivity index (χ0v) is 28.8. The number of benzene rings is 1. The minimum atomic E-state index is -1.38. The summed E-state index contributed by atoms with van der Waals surface area (Å²) in [6.45, 7) is 0.543. The van der Waals surface area contributed by atoms with E-state index in [-0.39, 0.29) is 57.5 Å². The van der Waals surface area contributed by atoms with Gasteiger partial charge in [0.1, 0.15) is 36.5 Å². The molecule has 0 spiro atoms. The molecular weight excluding hydrogens is 682 g/mol. The van der Waals surface area contributed by atoms with Gasteiger partial charge in [-0.15, -0.1) is 0 Å². The lowest BCUT2D eigenvalue weighted by Gasteiger charge is -2.31. The van der Waals surface area contributed by atoms with Crippen LogP contribution in [-0.2, 0) is 44.8 Å². The van der Waals surface area contributed by atoms with E-state index in [2.05, 4.69) is 31.9 Å². The molecule has 0 saturated carbocycles. The molecule has 0 aromatic heterocycles. The number of nitrogens with zero attached hydrogens (tertiary/aromatic N) is 1. The fourth-order valence-electron chi connectivity index (χ4n) is 5.96. The molecule has 52 heavy (non-hydrogen) atoms. The van der Waals surface area contributed by atoms with Crippen molar-refractivity contribution in [2.75, 3.05) is 26.4 Å². The molecule has 1 unspecified atom stereocenters. The number of amides is 6. The van der Waals surface area contributed by atoms with E-state index in [1.54, 1.807) is 30.3 Å². The normalized spacial score (nSPS) is 19.7. The first-order valence-electron chi connectivity index (χ1n) is 17.1. The first-order valence-corrected chi connectivity index (χ1v) is 17.1. The third-order valence-corrected chi connectivity index (χ3v) is 8.80. The van der Waals surface area contributed by atoms with Gasteiger partial charge in [-0.05, 0) is 37.7 Å². The SMILES string of the molecule is NC(=O)CC[C@H](NC(=O)[C@@H]1CCCN1C(=O)[C@H](CC1CNCN1)NC(=O)[C@@H](N)CO)C(=O)N[C@@H](Cc1ccccc1)C(=O)N[C@H](C=O)CCC(=O)O. The molecule has 286 valence electrons. The maximum absolute atomic E-state index is 13.9. The van der Waals surface area contributed by atoms with Crippen LogP contribution in [0.15, 0.2) is 30.3 Å². The highest BCUT2D eigenvalue weighted by Crippen LogP contribution is 2.21. The van der Waals surface area contributed by atoms with Crippen LogP contribution < -0.4 is 43.4 Å². The largest absolute Gasteiger partial charge is 0.481 e. The van der Waals surface area contributed by atoms with Gasteiger partial charge in [-0.25, -0.2) is 0 Å². The molecule has 12 N–H and O–H groups in total. The van der Waals surface area contributed by atoms with Gasteiger partial charge in [-0.1, -0.05) is 30.3 Å². The van der Waals surface area contributed by atoms with Crippen LogP contribution in [0.4, 0.5) is 0 Å². The second kappa shape index (κ2) is 20.8. The van der Waals surface area contributed by atoms with E-state index in [1.807, 2.05) is 0 Å². The Morgan fingerprint density at radius 1 is 0.923 bits per heavy atom. The summed E-state index contributed by atoms with van der Waals surface area (Å²) in [5.41, 5.74) is 11.7. The van der Waals surface area contributed by atoms with Crippen molar-refractivity contribution >= 4 is 47.7 Å². The first kappa shape index (κ1) is 41.4. The Morgan fingerprint density at radius 2 is 1.62 bits per heavy atom. The fraction of sp³-hybridized carbons (Fsp3) is 0.576. The maximum Gasteiger partial charge on any atom is 0.303 e. The number of carbonyl (C=O) groups is 8. The molecule has 19 nitrogen and oxygen atoms in total. The number of hydrogen-bond donors (Lipinski definition) is 10. The molecule has 0 bridgehead atoms. The Kier molecular flexibility index (Phi) is 16.5. The van der Waals surface area contributed by atoms with Gasteiger partial charge in [-0.3, -0.25) is 33.6 Å². The Morgan fingerprint density at radius 3 is 2.23 bits per heavy atom. The fourth-order valence-corrected chi connectivity index (χ4v) is 5.96. The molecule has 19 heteroatoms. The molecule has 1 aromatic carbocycles. The number of hydrogen-bond acceptors (Lipinski definition) is 12. The number of carbonyl (C=O) groups excluding carboxylic acids is 7. The van der Waals surface area contributed by atoms with Crippen molar-refractivity contribution in [3.8, 4) is 0 Å². The van der Waals surface area contributed by atoms with E-state index >= 15 is 0 Å². The van der Waals surface area contributed by atoms with Crippen LogP contribution in [0.1, 0.15) is 50.5 Å². The van der Waals surface area contributed by atoms with Crippen molar-refractivity contribution in [2.45, 2.75) is 93.7 Å². The molecule has 1 aromatic rings. The van der Waals surface area contributed by atoms with Crippen molar-refractivity contribution in [1.82, 2.24) is 36.8 Å². The maximum atomic E-state index is 13.9.